The molecule has 2 unspecified atom stereocenters. The molecule has 0 bridgehead atoms. The van der Waals surface area contributed by atoms with E-state index in [2.05, 4.69) is 43.9 Å². The largest absolute Gasteiger partial charge is 0.103 e. The first-order valence-electron chi connectivity index (χ1n) is 11.3. The molecule has 0 heterocycles. The lowest BCUT2D eigenvalue weighted by Gasteiger charge is -2.37. The summed E-state index contributed by atoms with van der Waals surface area (Å²) >= 11 is 0. The van der Waals surface area contributed by atoms with Crippen LogP contribution >= 0.6 is 0 Å². The summed E-state index contributed by atoms with van der Waals surface area (Å²) in [6.07, 6.45) is 29.4. The molecule has 0 aromatic heterocycles. The van der Waals surface area contributed by atoms with Crippen molar-refractivity contribution in [3.63, 3.8) is 0 Å². The van der Waals surface area contributed by atoms with Crippen molar-refractivity contribution in [1.29, 1.82) is 0 Å². The first-order valence-corrected chi connectivity index (χ1v) is 11.3. The normalized spacial score (nSPS) is 39.6. The van der Waals surface area contributed by atoms with Gasteiger partial charge in [0.2, 0.25) is 0 Å². The fraction of sp³-hybridized carbons (Fsp3) is 0.760. The Labute approximate surface area is 156 Å². The Morgan fingerprint density at radius 3 is 1.92 bits per heavy atom. The third-order valence-corrected chi connectivity index (χ3v) is 7.42. The summed E-state index contributed by atoms with van der Waals surface area (Å²) in [5, 5.41) is 0. The van der Waals surface area contributed by atoms with Gasteiger partial charge in [-0.25, -0.2) is 0 Å². The third kappa shape index (κ3) is 5.60. The zero-order chi connectivity index (χ0) is 17.5. The lowest BCUT2D eigenvalue weighted by molar-refractivity contribution is 0.166. The zero-order valence-electron chi connectivity index (χ0n) is 16.5. The van der Waals surface area contributed by atoms with E-state index in [1.807, 2.05) is 0 Å². The molecule has 0 heteroatoms. The number of allylic oxidation sites excluding steroid dienone is 5. The van der Waals surface area contributed by atoms with E-state index < -0.39 is 0 Å². The van der Waals surface area contributed by atoms with Crippen molar-refractivity contribution in [2.45, 2.75) is 84.0 Å². The fourth-order valence-corrected chi connectivity index (χ4v) is 5.63. The molecule has 0 aliphatic heterocycles. The van der Waals surface area contributed by atoms with Crippen LogP contribution in [0, 0.1) is 35.5 Å². The molecule has 2 fully saturated rings. The Morgan fingerprint density at radius 2 is 1.40 bits per heavy atom. The molecule has 2 saturated carbocycles. The molecule has 3 rings (SSSR count). The van der Waals surface area contributed by atoms with Gasteiger partial charge in [-0.2, -0.15) is 0 Å². The van der Waals surface area contributed by atoms with Crippen LogP contribution in [-0.2, 0) is 0 Å². The lowest BCUT2D eigenvalue weighted by Crippen LogP contribution is -2.25. The Hall–Kier alpha value is -0.780. The molecule has 3 aliphatic rings. The molecule has 3 aliphatic carbocycles. The molecule has 0 aromatic carbocycles. The maximum absolute atomic E-state index is 3.99. The molecule has 2 atom stereocenters. The van der Waals surface area contributed by atoms with E-state index in [0.29, 0.717) is 0 Å². The quantitative estimate of drug-likeness (QED) is 0.434. The second-order valence-electron chi connectivity index (χ2n) is 9.15. The van der Waals surface area contributed by atoms with E-state index in [1.165, 1.54) is 77.0 Å². The fourth-order valence-electron chi connectivity index (χ4n) is 5.63. The summed E-state index contributed by atoms with van der Waals surface area (Å²) in [5.74, 6) is 5.32. The molecule has 0 nitrogen and oxygen atoms in total. The minimum atomic E-state index is 0.722. The summed E-state index contributed by atoms with van der Waals surface area (Å²) in [6, 6.07) is 0. The number of rotatable bonds is 6. The Balaban J connectivity index is 1.38. The third-order valence-electron chi connectivity index (χ3n) is 7.42. The summed E-state index contributed by atoms with van der Waals surface area (Å²) in [4.78, 5) is 0. The van der Waals surface area contributed by atoms with Gasteiger partial charge >= 0.3 is 0 Å². The second-order valence-corrected chi connectivity index (χ2v) is 9.15. The SMILES string of the molecule is C=CC1CCC(C2CCC(C=CC3C=CC(CCC)CC3)CC2)CC1. The van der Waals surface area contributed by atoms with Crippen LogP contribution in [0.3, 0.4) is 0 Å². The van der Waals surface area contributed by atoms with E-state index in [4.69, 9.17) is 0 Å². The predicted molar refractivity (Wildman–Crippen MR) is 110 cm³/mol. The van der Waals surface area contributed by atoms with Gasteiger partial charge in [-0.15, -0.1) is 6.58 Å². The molecule has 25 heavy (non-hydrogen) atoms. The smallest absolute Gasteiger partial charge is 0.00531 e. The summed E-state index contributed by atoms with van der Waals surface area (Å²) < 4.78 is 0. The average Bonchev–Trinajstić information content (AvgIpc) is 2.68. The van der Waals surface area contributed by atoms with Crippen LogP contribution in [0.1, 0.15) is 84.0 Å². The van der Waals surface area contributed by atoms with Crippen LogP contribution in [0.25, 0.3) is 0 Å². The molecular weight excluding hydrogens is 300 g/mol. The van der Waals surface area contributed by atoms with E-state index in [1.54, 1.807) is 0 Å². The highest BCUT2D eigenvalue weighted by atomic mass is 14.3. The highest BCUT2D eigenvalue weighted by Crippen LogP contribution is 2.42. The molecule has 0 amide bonds. The molecule has 0 saturated heterocycles. The standard InChI is InChI=1S/C25H40/c1-3-5-21-6-8-22(9-7-21)10-11-23-14-18-25(19-15-23)24-16-12-20(4-2)13-17-24/h4,6,8,10-11,20-25H,2-3,5,7,9,12-19H2,1H3. The number of hydrogen-bond acceptors (Lipinski definition) is 0. The van der Waals surface area contributed by atoms with Crippen LogP contribution in [0.15, 0.2) is 37.0 Å². The Bertz CT molecular complexity index is 441. The average molecular weight is 341 g/mol. The van der Waals surface area contributed by atoms with E-state index in [0.717, 1.165) is 35.5 Å². The highest BCUT2D eigenvalue weighted by Gasteiger charge is 2.29. The summed E-state index contributed by atoms with van der Waals surface area (Å²) in [5.41, 5.74) is 0. The van der Waals surface area contributed by atoms with Gasteiger partial charge in [0, 0.05) is 0 Å². The van der Waals surface area contributed by atoms with Gasteiger partial charge in [0.1, 0.15) is 0 Å². The van der Waals surface area contributed by atoms with Crippen LogP contribution in [0.2, 0.25) is 0 Å². The molecule has 0 N–H and O–H groups in total. The molecule has 0 spiro atoms. The Kier molecular flexibility index (Phi) is 7.44. The second kappa shape index (κ2) is 9.79. The van der Waals surface area contributed by atoms with Crippen molar-refractivity contribution in [2.75, 3.05) is 0 Å². The first kappa shape index (κ1) is 19.0. The zero-order valence-corrected chi connectivity index (χ0v) is 16.5. The lowest BCUT2D eigenvalue weighted by atomic mass is 9.69. The van der Waals surface area contributed by atoms with E-state index in [-0.39, 0.29) is 0 Å². The highest BCUT2D eigenvalue weighted by molar-refractivity contribution is 5.07. The van der Waals surface area contributed by atoms with Crippen LogP contribution in [0.5, 0.6) is 0 Å². The van der Waals surface area contributed by atoms with Crippen LogP contribution in [0.4, 0.5) is 0 Å². The molecule has 0 radical (unpaired) electrons. The number of hydrogen-bond donors (Lipinski definition) is 0. The molecule has 140 valence electrons. The van der Waals surface area contributed by atoms with Gasteiger partial charge in [-0.05, 0) is 106 Å². The van der Waals surface area contributed by atoms with Gasteiger partial charge in [-0.1, -0.05) is 43.7 Å². The topological polar surface area (TPSA) is 0 Å². The van der Waals surface area contributed by atoms with Crippen molar-refractivity contribution >= 4 is 0 Å². The van der Waals surface area contributed by atoms with Crippen LogP contribution < -0.4 is 0 Å². The van der Waals surface area contributed by atoms with Gasteiger partial charge in [0.15, 0.2) is 0 Å². The van der Waals surface area contributed by atoms with Gasteiger partial charge < -0.3 is 0 Å². The first-order chi connectivity index (χ1) is 12.3. The maximum atomic E-state index is 3.99. The summed E-state index contributed by atoms with van der Waals surface area (Å²) in [7, 11) is 0. The van der Waals surface area contributed by atoms with Gasteiger partial charge in [0.25, 0.3) is 0 Å². The van der Waals surface area contributed by atoms with E-state index >= 15 is 0 Å². The van der Waals surface area contributed by atoms with Gasteiger partial charge in [-0.3, -0.25) is 0 Å². The van der Waals surface area contributed by atoms with Crippen molar-refractivity contribution in [3.05, 3.63) is 37.0 Å². The minimum Gasteiger partial charge on any atom is -0.103 e. The van der Waals surface area contributed by atoms with Crippen molar-refractivity contribution in [1.82, 2.24) is 0 Å². The minimum absolute atomic E-state index is 0.722. The van der Waals surface area contributed by atoms with Crippen molar-refractivity contribution in [3.8, 4) is 0 Å². The van der Waals surface area contributed by atoms with E-state index in [9.17, 15) is 0 Å². The summed E-state index contributed by atoms with van der Waals surface area (Å²) in [6.45, 7) is 6.30. The molecular formula is C25H40. The van der Waals surface area contributed by atoms with Gasteiger partial charge in [0.05, 0.1) is 0 Å². The maximum Gasteiger partial charge on any atom is -0.00531 e. The van der Waals surface area contributed by atoms with Crippen molar-refractivity contribution < 1.29 is 0 Å². The Morgan fingerprint density at radius 1 is 0.760 bits per heavy atom. The van der Waals surface area contributed by atoms with Crippen LogP contribution in [-0.4, -0.2) is 0 Å². The molecule has 0 aromatic rings. The predicted octanol–water partition coefficient (Wildman–Crippen LogP) is 7.72. The van der Waals surface area contributed by atoms with Crippen molar-refractivity contribution in [2.24, 2.45) is 35.5 Å². The monoisotopic (exact) mass is 340 g/mol.